The lowest BCUT2D eigenvalue weighted by Gasteiger charge is -2.29. The maximum Gasteiger partial charge on any atom is 0.126 e. The van der Waals surface area contributed by atoms with Crippen LogP contribution in [0.5, 0.6) is 0 Å². The summed E-state index contributed by atoms with van der Waals surface area (Å²) in [4.78, 5) is 4.69. The van der Waals surface area contributed by atoms with Crippen LogP contribution in [0, 0.1) is 5.92 Å². The van der Waals surface area contributed by atoms with Gasteiger partial charge in [0, 0.05) is 17.1 Å². The van der Waals surface area contributed by atoms with Gasteiger partial charge in [0.05, 0.1) is 5.52 Å². The van der Waals surface area contributed by atoms with E-state index in [4.69, 9.17) is 10.7 Å². The standard InChI is InChI=1S/C17H23N3/c1-2-12-4-3-5-15(10-12)19-17-9-6-13-11-14(18)7-8-16(13)20-17/h6-9,11-12,15H,2-5,10,18H2,1H3,(H,19,20). The lowest BCUT2D eigenvalue weighted by molar-refractivity contribution is 0.327. The van der Waals surface area contributed by atoms with Crippen molar-refractivity contribution in [2.75, 3.05) is 11.1 Å². The second kappa shape index (κ2) is 5.70. The van der Waals surface area contributed by atoms with E-state index >= 15 is 0 Å². The molecule has 1 aromatic carbocycles. The monoisotopic (exact) mass is 269 g/mol. The molecule has 20 heavy (non-hydrogen) atoms. The molecule has 1 saturated carbocycles. The van der Waals surface area contributed by atoms with Crippen LogP contribution < -0.4 is 11.1 Å². The molecular formula is C17H23N3. The Morgan fingerprint density at radius 2 is 2.15 bits per heavy atom. The summed E-state index contributed by atoms with van der Waals surface area (Å²) >= 11 is 0. The lowest BCUT2D eigenvalue weighted by atomic mass is 9.84. The number of benzene rings is 1. The highest BCUT2D eigenvalue weighted by Gasteiger charge is 2.20. The Balaban J connectivity index is 1.75. The van der Waals surface area contributed by atoms with E-state index in [2.05, 4.69) is 24.4 Å². The lowest BCUT2D eigenvalue weighted by Crippen LogP contribution is -2.27. The molecule has 3 nitrogen and oxygen atoms in total. The summed E-state index contributed by atoms with van der Waals surface area (Å²) in [7, 11) is 0. The van der Waals surface area contributed by atoms with Gasteiger partial charge in [0.1, 0.15) is 5.82 Å². The summed E-state index contributed by atoms with van der Waals surface area (Å²) in [5.74, 6) is 1.87. The van der Waals surface area contributed by atoms with Crippen molar-refractivity contribution in [2.45, 2.75) is 45.1 Å². The number of nitrogens with one attached hydrogen (secondary N) is 1. The number of nitrogens with zero attached hydrogens (tertiary/aromatic N) is 1. The number of aromatic nitrogens is 1. The maximum absolute atomic E-state index is 5.80. The Labute approximate surface area is 120 Å². The van der Waals surface area contributed by atoms with Gasteiger partial charge in [-0.15, -0.1) is 0 Å². The highest BCUT2D eigenvalue weighted by molar-refractivity contribution is 5.83. The van der Waals surface area contributed by atoms with Crippen molar-refractivity contribution in [3.63, 3.8) is 0 Å². The maximum atomic E-state index is 5.80. The summed E-state index contributed by atoms with van der Waals surface area (Å²) < 4.78 is 0. The number of pyridine rings is 1. The zero-order valence-corrected chi connectivity index (χ0v) is 12.1. The van der Waals surface area contributed by atoms with Gasteiger partial charge < -0.3 is 11.1 Å². The van der Waals surface area contributed by atoms with Crippen molar-refractivity contribution >= 4 is 22.4 Å². The Kier molecular flexibility index (Phi) is 3.77. The van der Waals surface area contributed by atoms with Crippen molar-refractivity contribution in [1.29, 1.82) is 0 Å². The molecule has 2 unspecified atom stereocenters. The molecule has 1 fully saturated rings. The molecule has 3 N–H and O–H groups in total. The number of fused-ring (bicyclic) bond motifs is 1. The molecule has 1 heterocycles. The number of anilines is 2. The van der Waals surface area contributed by atoms with Gasteiger partial charge in [-0.2, -0.15) is 0 Å². The summed E-state index contributed by atoms with van der Waals surface area (Å²) in [5.41, 5.74) is 7.59. The van der Waals surface area contributed by atoms with E-state index < -0.39 is 0 Å². The minimum Gasteiger partial charge on any atom is -0.399 e. The van der Waals surface area contributed by atoms with Gasteiger partial charge in [-0.3, -0.25) is 0 Å². The molecule has 1 aromatic heterocycles. The molecule has 0 saturated heterocycles. The third-order valence-electron chi connectivity index (χ3n) is 4.43. The van der Waals surface area contributed by atoms with E-state index in [1.807, 2.05) is 18.2 Å². The number of nitrogens with two attached hydrogens (primary N) is 1. The Bertz CT molecular complexity index is 594. The van der Waals surface area contributed by atoms with E-state index in [1.54, 1.807) is 0 Å². The zero-order valence-electron chi connectivity index (χ0n) is 12.1. The first-order valence-corrected chi connectivity index (χ1v) is 7.67. The van der Waals surface area contributed by atoms with Gasteiger partial charge in [-0.05, 0) is 49.1 Å². The number of rotatable bonds is 3. The van der Waals surface area contributed by atoms with Crippen LogP contribution in [0.15, 0.2) is 30.3 Å². The number of hydrogen-bond donors (Lipinski definition) is 2. The molecule has 106 valence electrons. The normalized spacial score (nSPS) is 22.9. The van der Waals surface area contributed by atoms with Crippen LogP contribution in [-0.4, -0.2) is 11.0 Å². The minimum atomic E-state index is 0.576. The Hall–Kier alpha value is -1.77. The highest BCUT2D eigenvalue weighted by atomic mass is 15.0. The van der Waals surface area contributed by atoms with Gasteiger partial charge >= 0.3 is 0 Å². The van der Waals surface area contributed by atoms with Crippen molar-refractivity contribution in [1.82, 2.24) is 4.98 Å². The van der Waals surface area contributed by atoms with Crippen LogP contribution >= 0.6 is 0 Å². The SMILES string of the molecule is CCC1CCCC(Nc2ccc3cc(N)ccc3n2)C1. The average Bonchev–Trinajstić information content (AvgIpc) is 2.47. The Morgan fingerprint density at radius 3 is 3.00 bits per heavy atom. The van der Waals surface area contributed by atoms with Gasteiger partial charge in [0.25, 0.3) is 0 Å². The van der Waals surface area contributed by atoms with Gasteiger partial charge in [0.2, 0.25) is 0 Å². The van der Waals surface area contributed by atoms with E-state index in [0.29, 0.717) is 6.04 Å². The fourth-order valence-electron chi connectivity index (χ4n) is 3.23. The molecular weight excluding hydrogens is 246 g/mol. The quantitative estimate of drug-likeness (QED) is 0.821. The predicted octanol–water partition coefficient (Wildman–Crippen LogP) is 4.20. The van der Waals surface area contributed by atoms with Crippen LogP contribution in [0.25, 0.3) is 10.9 Å². The second-order valence-electron chi connectivity index (χ2n) is 5.93. The van der Waals surface area contributed by atoms with Crippen LogP contribution in [0.1, 0.15) is 39.0 Å². The van der Waals surface area contributed by atoms with Crippen molar-refractivity contribution in [2.24, 2.45) is 5.92 Å². The molecule has 0 aliphatic heterocycles. The third-order valence-corrected chi connectivity index (χ3v) is 4.43. The van der Waals surface area contributed by atoms with Crippen LogP contribution in [-0.2, 0) is 0 Å². The predicted molar refractivity (Wildman–Crippen MR) is 85.8 cm³/mol. The molecule has 0 spiro atoms. The Morgan fingerprint density at radius 1 is 1.25 bits per heavy atom. The fourth-order valence-corrected chi connectivity index (χ4v) is 3.23. The van der Waals surface area contributed by atoms with Crippen molar-refractivity contribution in [3.05, 3.63) is 30.3 Å². The summed E-state index contributed by atoms with van der Waals surface area (Å²) in [6, 6.07) is 10.6. The summed E-state index contributed by atoms with van der Waals surface area (Å²) in [6.07, 6.45) is 6.55. The molecule has 0 bridgehead atoms. The van der Waals surface area contributed by atoms with Crippen LogP contribution in [0.3, 0.4) is 0 Å². The van der Waals surface area contributed by atoms with Gasteiger partial charge in [-0.25, -0.2) is 4.98 Å². The number of hydrogen-bond acceptors (Lipinski definition) is 3. The highest BCUT2D eigenvalue weighted by Crippen LogP contribution is 2.28. The third kappa shape index (κ3) is 2.87. The molecule has 3 heteroatoms. The van der Waals surface area contributed by atoms with E-state index in [-0.39, 0.29) is 0 Å². The molecule has 2 aromatic rings. The molecule has 1 aliphatic rings. The van der Waals surface area contributed by atoms with E-state index in [1.165, 1.54) is 32.1 Å². The molecule has 3 rings (SSSR count). The zero-order chi connectivity index (χ0) is 13.9. The first-order valence-electron chi connectivity index (χ1n) is 7.67. The molecule has 2 atom stereocenters. The van der Waals surface area contributed by atoms with Crippen LogP contribution in [0.2, 0.25) is 0 Å². The molecule has 0 radical (unpaired) electrons. The smallest absolute Gasteiger partial charge is 0.126 e. The summed E-state index contributed by atoms with van der Waals surface area (Å²) in [6.45, 7) is 2.30. The molecule has 0 amide bonds. The summed E-state index contributed by atoms with van der Waals surface area (Å²) in [5, 5.41) is 4.71. The van der Waals surface area contributed by atoms with Crippen LogP contribution in [0.4, 0.5) is 11.5 Å². The minimum absolute atomic E-state index is 0.576. The van der Waals surface area contributed by atoms with Crippen molar-refractivity contribution in [3.8, 4) is 0 Å². The molecule has 1 aliphatic carbocycles. The average molecular weight is 269 g/mol. The van der Waals surface area contributed by atoms with E-state index in [9.17, 15) is 0 Å². The topological polar surface area (TPSA) is 50.9 Å². The van der Waals surface area contributed by atoms with Gasteiger partial charge in [-0.1, -0.05) is 26.2 Å². The first kappa shape index (κ1) is 13.2. The number of nitrogen functional groups attached to an aromatic ring is 1. The largest absolute Gasteiger partial charge is 0.399 e. The van der Waals surface area contributed by atoms with E-state index in [0.717, 1.165) is 28.3 Å². The van der Waals surface area contributed by atoms with Gasteiger partial charge in [0.15, 0.2) is 0 Å². The van der Waals surface area contributed by atoms with Crippen molar-refractivity contribution < 1.29 is 0 Å². The first-order chi connectivity index (χ1) is 9.74. The fraction of sp³-hybridized carbons (Fsp3) is 0.471. The second-order valence-corrected chi connectivity index (χ2v) is 5.93.